The van der Waals surface area contributed by atoms with Gasteiger partial charge in [0.15, 0.2) is 0 Å². The van der Waals surface area contributed by atoms with Crippen LogP contribution in [0.25, 0.3) is 0 Å². The summed E-state index contributed by atoms with van der Waals surface area (Å²) in [6, 6.07) is 1.55. The van der Waals surface area contributed by atoms with Gasteiger partial charge in [-0.25, -0.2) is 8.42 Å². The predicted molar refractivity (Wildman–Crippen MR) is 78.3 cm³/mol. The zero-order valence-electron chi connectivity index (χ0n) is 11.8. The zero-order valence-corrected chi connectivity index (χ0v) is 13.5. The molecule has 1 aliphatic rings. The molecule has 7 heteroatoms. The van der Waals surface area contributed by atoms with Crippen molar-refractivity contribution >= 4 is 21.4 Å². The number of sulfonamides is 1. The molecule has 1 heterocycles. The lowest BCUT2D eigenvalue weighted by Gasteiger charge is -2.17. The molecule has 0 aliphatic heterocycles. The summed E-state index contributed by atoms with van der Waals surface area (Å²) in [5.41, 5.74) is 0. The van der Waals surface area contributed by atoms with Crippen LogP contribution in [0.2, 0.25) is 0 Å². The normalized spacial score (nSPS) is 16.0. The highest BCUT2D eigenvalue weighted by Gasteiger charge is 2.25. The van der Waals surface area contributed by atoms with Gasteiger partial charge in [0.05, 0.1) is 18.1 Å². The Hall–Kier alpha value is -0.470. The molecule has 0 unspecified atom stereocenters. The smallest absolute Gasteiger partial charge is 0.244 e. The molecule has 0 atom stereocenters. The predicted octanol–water partition coefficient (Wildman–Crippen LogP) is 1.60. The number of nitrogens with zero attached hydrogens (tertiary/aromatic N) is 1. The van der Waals surface area contributed by atoms with Gasteiger partial charge >= 0.3 is 0 Å². The first kappa shape index (κ1) is 15.9. The number of aliphatic hydroxyl groups is 1. The van der Waals surface area contributed by atoms with Crippen LogP contribution in [0.1, 0.15) is 22.6 Å². The lowest BCUT2D eigenvalue weighted by atomic mass is 10.4. The van der Waals surface area contributed by atoms with Gasteiger partial charge in [-0.3, -0.25) is 0 Å². The van der Waals surface area contributed by atoms with Crippen LogP contribution in [-0.4, -0.2) is 44.6 Å². The van der Waals surface area contributed by atoms with E-state index in [-0.39, 0.29) is 11.5 Å². The summed E-state index contributed by atoms with van der Waals surface area (Å²) in [4.78, 5) is 1.66. The summed E-state index contributed by atoms with van der Waals surface area (Å²) in [7, 11) is -1.93. The van der Waals surface area contributed by atoms with E-state index in [0.29, 0.717) is 28.8 Å². The van der Waals surface area contributed by atoms with E-state index in [1.165, 1.54) is 28.5 Å². The van der Waals surface area contributed by atoms with Crippen LogP contribution >= 0.6 is 11.3 Å². The van der Waals surface area contributed by atoms with Crippen molar-refractivity contribution in [2.45, 2.75) is 31.3 Å². The first-order chi connectivity index (χ1) is 9.45. The Morgan fingerprint density at radius 1 is 1.50 bits per heavy atom. The topological polar surface area (TPSA) is 66.8 Å². The molecule has 114 valence electrons. The van der Waals surface area contributed by atoms with E-state index in [2.05, 4.69) is 0 Å². The highest BCUT2D eigenvalue weighted by molar-refractivity contribution is 7.89. The van der Waals surface area contributed by atoms with E-state index in [4.69, 9.17) is 9.84 Å². The van der Waals surface area contributed by atoms with Gasteiger partial charge in [-0.1, -0.05) is 0 Å². The van der Waals surface area contributed by atoms with Crippen molar-refractivity contribution in [1.82, 2.24) is 4.31 Å². The molecule has 20 heavy (non-hydrogen) atoms. The van der Waals surface area contributed by atoms with Crippen molar-refractivity contribution in [2.75, 3.05) is 26.8 Å². The summed E-state index contributed by atoms with van der Waals surface area (Å²) in [6.45, 7) is 3.13. The molecule has 1 fully saturated rings. The molecule has 0 amide bonds. The Morgan fingerprint density at radius 3 is 2.75 bits per heavy atom. The van der Waals surface area contributed by atoms with E-state index in [1.54, 1.807) is 20.0 Å². The van der Waals surface area contributed by atoms with E-state index in [1.807, 2.05) is 0 Å². The lowest BCUT2D eigenvalue weighted by Crippen LogP contribution is -2.30. The van der Waals surface area contributed by atoms with E-state index >= 15 is 0 Å². The fourth-order valence-corrected chi connectivity index (χ4v) is 4.49. The summed E-state index contributed by atoms with van der Waals surface area (Å²) in [6.07, 6.45) is 2.46. The molecular weight excluding hydrogens is 298 g/mol. The summed E-state index contributed by atoms with van der Waals surface area (Å²) < 4.78 is 31.6. The number of likely N-dealkylation sites (N-methyl/N-ethyl adjacent to an activating group) is 1. The fraction of sp³-hybridized carbons (Fsp3) is 0.692. The molecule has 1 aliphatic carbocycles. The standard InChI is InChI=1S/C13H21NO4S2/c1-10-13(7-12(8-15)19-10)20(16,17)14(2)5-6-18-9-11-3-4-11/h7,11,15H,3-6,8-9H2,1-2H3. The quantitative estimate of drug-likeness (QED) is 0.739. The molecule has 1 N–H and O–H groups in total. The van der Waals surface area contributed by atoms with Gasteiger partial charge in [-0.05, 0) is 31.7 Å². The zero-order chi connectivity index (χ0) is 14.8. The van der Waals surface area contributed by atoms with E-state index in [9.17, 15) is 8.42 Å². The average molecular weight is 319 g/mol. The fourth-order valence-electron chi connectivity index (χ4n) is 1.87. The van der Waals surface area contributed by atoms with Crippen LogP contribution < -0.4 is 0 Å². The Balaban J connectivity index is 1.94. The number of thiophene rings is 1. The Bertz CT molecular complexity index is 549. The van der Waals surface area contributed by atoms with Gasteiger partial charge in [-0.15, -0.1) is 11.3 Å². The van der Waals surface area contributed by atoms with Crippen LogP contribution in [-0.2, 0) is 21.4 Å². The highest BCUT2D eigenvalue weighted by Crippen LogP contribution is 2.29. The van der Waals surface area contributed by atoms with Crippen LogP contribution in [0.15, 0.2) is 11.0 Å². The first-order valence-corrected chi connectivity index (χ1v) is 8.95. The van der Waals surface area contributed by atoms with Crippen molar-refractivity contribution in [2.24, 2.45) is 5.92 Å². The van der Waals surface area contributed by atoms with Gasteiger partial charge < -0.3 is 9.84 Å². The minimum Gasteiger partial charge on any atom is -0.391 e. The Morgan fingerprint density at radius 2 is 2.20 bits per heavy atom. The van der Waals surface area contributed by atoms with Gasteiger partial charge in [-0.2, -0.15) is 4.31 Å². The molecule has 0 aromatic carbocycles. The third-order valence-corrected chi connectivity index (χ3v) is 6.52. The van der Waals surface area contributed by atoms with E-state index in [0.717, 1.165) is 6.61 Å². The van der Waals surface area contributed by atoms with Crippen LogP contribution in [0.3, 0.4) is 0 Å². The molecule has 1 aromatic heterocycles. The van der Waals surface area contributed by atoms with E-state index < -0.39 is 10.0 Å². The van der Waals surface area contributed by atoms with Gasteiger partial charge in [0, 0.05) is 30.0 Å². The average Bonchev–Trinajstić information content (AvgIpc) is 3.15. The molecule has 1 saturated carbocycles. The molecular formula is C13H21NO4S2. The van der Waals surface area contributed by atoms with Crippen molar-refractivity contribution in [3.05, 3.63) is 15.8 Å². The summed E-state index contributed by atoms with van der Waals surface area (Å²) >= 11 is 1.31. The minimum absolute atomic E-state index is 0.130. The third kappa shape index (κ3) is 3.79. The second-order valence-corrected chi connectivity index (χ2v) is 8.49. The molecule has 2 rings (SSSR count). The third-order valence-electron chi connectivity index (χ3n) is 3.37. The number of hydrogen-bond acceptors (Lipinski definition) is 5. The second kappa shape index (κ2) is 6.53. The number of ether oxygens (including phenoxy) is 1. The van der Waals surface area contributed by atoms with Crippen molar-refractivity contribution in [1.29, 1.82) is 0 Å². The number of rotatable bonds is 8. The van der Waals surface area contributed by atoms with Crippen LogP contribution in [0.4, 0.5) is 0 Å². The molecule has 5 nitrogen and oxygen atoms in total. The SMILES string of the molecule is Cc1sc(CO)cc1S(=O)(=O)N(C)CCOCC1CC1. The maximum Gasteiger partial charge on any atom is 0.244 e. The maximum atomic E-state index is 12.4. The van der Waals surface area contributed by atoms with Crippen molar-refractivity contribution < 1.29 is 18.3 Å². The van der Waals surface area contributed by atoms with Gasteiger partial charge in [0.2, 0.25) is 10.0 Å². The number of hydrogen-bond donors (Lipinski definition) is 1. The largest absolute Gasteiger partial charge is 0.391 e. The molecule has 1 aromatic rings. The lowest BCUT2D eigenvalue weighted by molar-refractivity contribution is 0.117. The molecule has 0 spiro atoms. The number of aryl methyl sites for hydroxylation is 1. The second-order valence-electron chi connectivity index (χ2n) is 5.14. The summed E-state index contributed by atoms with van der Waals surface area (Å²) in [5, 5.41) is 9.09. The monoisotopic (exact) mass is 319 g/mol. The molecule has 0 saturated heterocycles. The van der Waals surface area contributed by atoms with Crippen molar-refractivity contribution in [3.8, 4) is 0 Å². The van der Waals surface area contributed by atoms with Crippen LogP contribution in [0.5, 0.6) is 0 Å². The van der Waals surface area contributed by atoms with Crippen molar-refractivity contribution in [3.63, 3.8) is 0 Å². The number of aliphatic hydroxyl groups excluding tert-OH is 1. The molecule has 0 radical (unpaired) electrons. The van der Waals surface area contributed by atoms with Gasteiger partial charge in [0.1, 0.15) is 0 Å². The van der Waals surface area contributed by atoms with Crippen LogP contribution in [0, 0.1) is 12.8 Å². The molecule has 0 bridgehead atoms. The first-order valence-electron chi connectivity index (χ1n) is 6.69. The Labute approximate surface area is 124 Å². The Kier molecular flexibility index (Phi) is 5.19. The maximum absolute atomic E-state index is 12.4. The minimum atomic E-state index is -3.49. The summed E-state index contributed by atoms with van der Waals surface area (Å²) in [5.74, 6) is 0.683. The van der Waals surface area contributed by atoms with Gasteiger partial charge in [0.25, 0.3) is 0 Å². The highest BCUT2D eigenvalue weighted by atomic mass is 32.2.